The van der Waals surface area contributed by atoms with E-state index in [1.54, 1.807) is 6.92 Å². The van der Waals surface area contributed by atoms with Crippen LogP contribution in [0.4, 0.5) is 13.2 Å². The number of hydrogen-bond acceptors (Lipinski definition) is 2. The molecule has 1 unspecified atom stereocenters. The van der Waals surface area contributed by atoms with E-state index in [4.69, 9.17) is 5.84 Å². The van der Waals surface area contributed by atoms with Crippen LogP contribution in [0, 0.1) is 27.9 Å². The number of aryl methyl sites for hydroxylation is 1. The van der Waals surface area contributed by atoms with Crippen LogP contribution in [0.2, 0.25) is 0 Å². The first-order valence-corrected chi connectivity index (χ1v) is 6.89. The Morgan fingerprint density at radius 2 is 1.85 bits per heavy atom. The van der Waals surface area contributed by atoms with Crippen LogP contribution in [0.1, 0.15) is 22.7 Å². The third kappa shape index (κ3) is 2.82. The van der Waals surface area contributed by atoms with E-state index in [-0.39, 0.29) is 5.56 Å². The monoisotopic (exact) mass is 392 g/mol. The fourth-order valence-electron chi connectivity index (χ4n) is 2.01. The Balaban J connectivity index is 2.61. The lowest BCUT2D eigenvalue weighted by molar-refractivity contribution is 0.505. The molecule has 0 fully saturated rings. The van der Waals surface area contributed by atoms with Crippen LogP contribution in [0.25, 0.3) is 0 Å². The SMILES string of the molecule is Cc1ccc(F)c(C(NN)c2ccc(F)cc2I)c1F. The van der Waals surface area contributed by atoms with E-state index < -0.39 is 23.5 Å². The van der Waals surface area contributed by atoms with Gasteiger partial charge in [-0.25, -0.2) is 18.6 Å². The van der Waals surface area contributed by atoms with Gasteiger partial charge in [0, 0.05) is 9.13 Å². The van der Waals surface area contributed by atoms with Gasteiger partial charge in [-0.05, 0) is 58.8 Å². The fourth-order valence-corrected chi connectivity index (χ4v) is 2.80. The number of nitrogens with two attached hydrogens (primary N) is 1. The number of halogens is 4. The maximum atomic E-state index is 14.2. The van der Waals surface area contributed by atoms with Crippen LogP contribution in [-0.2, 0) is 0 Å². The minimum atomic E-state index is -0.887. The second-order valence-corrected chi connectivity index (χ2v) is 5.52. The molecule has 2 aromatic rings. The fraction of sp³-hybridized carbons (Fsp3) is 0.143. The molecule has 3 N–H and O–H groups in total. The first-order valence-electron chi connectivity index (χ1n) is 5.81. The van der Waals surface area contributed by atoms with E-state index in [9.17, 15) is 13.2 Å². The summed E-state index contributed by atoms with van der Waals surface area (Å²) in [6, 6.07) is 5.64. The van der Waals surface area contributed by atoms with Crippen LogP contribution in [0.3, 0.4) is 0 Å². The normalized spacial score (nSPS) is 12.5. The molecule has 0 aliphatic carbocycles. The molecule has 0 aliphatic heterocycles. The Kier molecular flexibility index (Phi) is 4.66. The average molecular weight is 392 g/mol. The maximum absolute atomic E-state index is 14.2. The molecule has 0 aliphatic rings. The van der Waals surface area contributed by atoms with Crippen molar-refractivity contribution in [1.29, 1.82) is 0 Å². The van der Waals surface area contributed by atoms with Crippen LogP contribution in [-0.4, -0.2) is 0 Å². The van der Waals surface area contributed by atoms with Crippen molar-refractivity contribution in [2.45, 2.75) is 13.0 Å². The molecule has 0 aromatic heterocycles. The summed E-state index contributed by atoms with van der Waals surface area (Å²) in [6.45, 7) is 1.54. The third-order valence-corrected chi connectivity index (χ3v) is 3.98. The molecule has 1 atom stereocenters. The van der Waals surface area contributed by atoms with Gasteiger partial charge < -0.3 is 0 Å². The topological polar surface area (TPSA) is 38.0 Å². The van der Waals surface area contributed by atoms with E-state index in [1.807, 2.05) is 22.6 Å². The van der Waals surface area contributed by atoms with Crippen molar-refractivity contribution in [2.75, 3.05) is 0 Å². The minimum absolute atomic E-state index is 0.169. The summed E-state index contributed by atoms with van der Waals surface area (Å²) in [6.07, 6.45) is 0. The molecule has 0 amide bonds. The maximum Gasteiger partial charge on any atom is 0.134 e. The zero-order valence-corrected chi connectivity index (χ0v) is 12.7. The molecule has 0 heterocycles. The molecule has 0 saturated heterocycles. The number of hydrogen-bond donors (Lipinski definition) is 2. The van der Waals surface area contributed by atoms with Gasteiger partial charge in [0.05, 0.1) is 6.04 Å². The van der Waals surface area contributed by atoms with Crippen molar-refractivity contribution >= 4 is 22.6 Å². The highest BCUT2D eigenvalue weighted by Crippen LogP contribution is 2.30. The summed E-state index contributed by atoms with van der Waals surface area (Å²) < 4.78 is 41.8. The number of rotatable bonds is 3. The molecular weight excluding hydrogens is 380 g/mol. The van der Waals surface area contributed by atoms with E-state index in [0.717, 1.165) is 0 Å². The highest BCUT2D eigenvalue weighted by Gasteiger charge is 2.24. The zero-order chi connectivity index (χ0) is 14.9. The summed E-state index contributed by atoms with van der Waals surface area (Å²) in [5, 5.41) is 0. The van der Waals surface area contributed by atoms with Crippen molar-refractivity contribution in [3.8, 4) is 0 Å². The van der Waals surface area contributed by atoms with Gasteiger partial charge >= 0.3 is 0 Å². The van der Waals surface area contributed by atoms with Gasteiger partial charge in [0.25, 0.3) is 0 Å². The van der Waals surface area contributed by atoms with E-state index in [1.165, 1.54) is 30.3 Å². The molecule has 2 rings (SSSR count). The van der Waals surface area contributed by atoms with Crippen LogP contribution in [0.5, 0.6) is 0 Å². The lowest BCUT2D eigenvalue weighted by Crippen LogP contribution is -2.31. The molecule has 0 radical (unpaired) electrons. The smallest absolute Gasteiger partial charge is 0.134 e. The van der Waals surface area contributed by atoms with E-state index in [2.05, 4.69) is 5.43 Å². The van der Waals surface area contributed by atoms with Crippen molar-refractivity contribution in [3.05, 3.63) is 68.0 Å². The molecule has 6 heteroatoms. The van der Waals surface area contributed by atoms with Gasteiger partial charge in [-0.3, -0.25) is 5.84 Å². The second-order valence-electron chi connectivity index (χ2n) is 4.36. The predicted octanol–water partition coefficient (Wildman–Crippen LogP) is 3.57. The molecule has 20 heavy (non-hydrogen) atoms. The molecule has 2 aromatic carbocycles. The molecule has 0 saturated carbocycles. The number of nitrogens with one attached hydrogen (secondary N) is 1. The van der Waals surface area contributed by atoms with Gasteiger partial charge in [-0.15, -0.1) is 0 Å². The summed E-state index contributed by atoms with van der Waals surface area (Å²) in [7, 11) is 0. The largest absolute Gasteiger partial charge is 0.271 e. The summed E-state index contributed by atoms with van der Waals surface area (Å²) in [5.41, 5.74) is 3.06. The quantitative estimate of drug-likeness (QED) is 0.476. The van der Waals surface area contributed by atoms with Gasteiger partial charge in [0.15, 0.2) is 0 Å². The Morgan fingerprint density at radius 3 is 2.45 bits per heavy atom. The van der Waals surface area contributed by atoms with Crippen molar-refractivity contribution < 1.29 is 13.2 Å². The lowest BCUT2D eigenvalue weighted by Gasteiger charge is -2.20. The first-order chi connectivity index (χ1) is 9.45. The third-order valence-electron chi connectivity index (χ3n) is 3.05. The summed E-state index contributed by atoms with van der Waals surface area (Å²) in [4.78, 5) is 0. The van der Waals surface area contributed by atoms with Crippen molar-refractivity contribution in [2.24, 2.45) is 5.84 Å². The van der Waals surface area contributed by atoms with Crippen LogP contribution in [0.15, 0.2) is 30.3 Å². The number of benzene rings is 2. The Labute approximate surface area is 128 Å². The average Bonchev–Trinajstić information content (AvgIpc) is 2.40. The predicted molar refractivity (Wildman–Crippen MR) is 79.4 cm³/mol. The molecule has 0 bridgehead atoms. The molecule has 106 valence electrons. The Morgan fingerprint density at radius 1 is 1.15 bits per heavy atom. The summed E-state index contributed by atoms with van der Waals surface area (Å²) >= 11 is 1.90. The second kappa shape index (κ2) is 6.11. The molecule has 0 spiro atoms. The lowest BCUT2D eigenvalue weighted by atomic mass is 9.96. The van der Waals surface area contributed by atoms with Crippen molar-refractivity contribution in [3.63, 3.8) is 0 Å². The van der Waals surface area contributed by atoms with Gasteiger partial charge in [-0.2, -0.15) is 0 Å². The highest BCUT2D eigenvalue weighted by molar-refractivity contribution is 14.1. The molecular formula is C14H12F3IN2. The van der Waals surface area contributed by atoms with E-state index >= 15 is 0 Å². The summed E-state index contributed by atoms with van der Waals surface area (Å²) in [5.74, 6) is 3.68. The zero-order valence-electron chi connectivity index (χ0n) is 10.6. The Bertz CT molecular complexity index is 647. The van der Waals surface area contributed by atoms with E-state index in [0.29, 0.717) is 14.7 Å². The molecule has 2 nitrogen and oxygen atoms in total. The van der Waals surface area contributed by atoms with Crippen LogP contribution >= 0.6 is 22.6 Å². The standard InChI is InChI=1S/C14H12F3IN2/c1-7-2-5-10(16)12(13(7)17)14(20-19)9-4-3-8(15)6-11(9)18/h2-6,14,20H,19H2,1H3. The van der Waals surface area contributed by atoms with Crippen molar-refractivity contribution in [1.82, 2.24) is 5.43 Å². The minimum Gasteiger partial charge on any atom is -0.271 e. The van der Waals surface area contributed by atoms with Gasteiger partial charge in [-0.1, -0.05) is 12.1 Å². The highest BCUT2D eigenvalue weighted by atomic mass is 127. The Hall–Kier alpha value is -1.12. The number of hydrazine groups is 1. The van der Waals surface area contributed by atoms with Gasteiger partial charge in [0.2, 0.25) is 0 Å². The first kappa shape index (κ1) is 15.3. The van der Waals surface area contributed by atoms with Crippen LogP contribution < -0.4 is 11.3 Å². The van der Waals surface area contributed by atoms with Gasteiger partial charge in [0.1, 0.15) is 17.5 Å².